The Bertz CT molecular complexity index is 506. The van der Waals surface area contributed by atoms with Crippen LogP contribution in [0.25, 0.3) is 0 Å². The second-order valence-corrected chi connectivity index (χ2v) is 6.63. The number of aliphatic hydroxyl groups excluding tert-OH is 2. The van der Waals surface area contributed by atoms with Crippen LogP contribution in [0.15, 0.2) is 24.3 Å². The lowest BCUT2D eigenvalue weighted by atomic mass is 9.82. The second-order valence-electron chi connectivity index (χ2n) is 6.63. The normalized spacial score (nSPS) is 24.1. The van der Waals surface area contributed by atoms with Gasteiger partial charge in [0.25, 0.3) is 5.69 Å². The predicted molar refractivity (Wildman–Crippen MR) is 88.1 cm³/mol. The molecular weight excluding hydrogens is 296 g/mol. The number of non-ortho nitro benzene ring substituents is 1. The largest absolute Gasteiger partial charge is 0.395 e. The number of nitro benzene ring substituents is 1. The van der Waals surface area contributed by atoms with Crippen molar-refractivity contribution in [2.24, 2.45) is 11.8 Å². The van der Waals surface area contributed by atoms with Crippen LogP contribution in [0.1, 0.15) is 44.3 Å². The Kier molecular flexibility index (Phi) is 6.50. The van der Waals surface area contributed by atoms with Gasteiger partial charge in [-0.15, -0.1) is 0 Å². The van der Waals surface area contributed by atoms with E-state index in [0.29, 0.717) is 11.5 Å². The molecule has 0 spiro atoms. The first-order valence-corrected chi connectivity index (χ1v) is 8.28. The van der Waals surface area contributed by atoms with Gasteiger partial charge in [0.15, 0.2) is 0 Å². The van der Waals surface area contributed by atoms with Crippen LogP contribution in [0.5, 0.6) is 0 Å². The first kappa shape index (κ1) is 17.8. The van der Waals surface area contributed by atoms with Gasteiger partial charge in [-0.3, -0.25) is 10.1 Å². The summed E-state index contributed by atoms with van der Waals surface area (Å²) in [5.41, 5.74) is 0.560. The molecule has 1 aromatic rings. The highest BCUT2D eigenvalue weighted by Gasteiger charge is 2.24. The summed E-state index contributed by atoms with van der Waals surface area (Å²) >= 11 is 0. The number of nitrogens with one attached hydrogen (secondary N) is 1. The molecule has 6 nitrogen and oxygen atoms in total. The van der Waals surface area contributed by atoms with Crippen LogP contribution in [-0.4, -0.2) is 34.3 Å². The number of hydrogen-bond donors (Lipinski definition) is 3. The molecule has 4 unspecified atom stereocenters. The average Bonchev–Trinajstić information content (AvgIpc) is 2.55. The summed E-state index contributed by atoms with van der Waals surface area (Å²) in [6.45, 7) is 2.86. The van der Waals surface area contributed by atoms with Crippen molar-refractivity contribution < 1.29 is 15.1 Å². The summed E-state index contributed by atoms with van der Waals surface area (Å²) < 4.78 is 0. The Morgan fingerprint density at radius 1 is 1.35 bits per heavy atom. The molecule has 4 atom stereocenters. The van der Waals surface area contributed by atoms with E-state index in [9.17, 15) is 20.3 Å². The van der Waals surface area contributed by atoms with Crippen LogP contribution < -0.4 is 5.32 Å². The third-order valence-electron chi connectivity index (χ3n) is 4.74. The molecule has 0 radical (unpaired) electrons. The zero-order chi connectivity index (χ0) is 16.8. The van der Waals surface area contributed by atoms with Crippen molar-refractivity contribution in [2.75, 3.05) is 13.2 Å². The lowest BCUT2D eigenvalue weighted by molar-refractivity contribution is -0.384. The van der Waals surface area contributed by atoms with E-state index in [1.165, 1.54) is 49.9 Å². The number of benzene rings is 1. The minimum Gasteiger partial charge on any atom is -0.395 e. The van der Waals surface area contributed by atoms with Crippen LogP contribution in [0.3, 0.4) is 0 Å². The van der Waals surface area contributed by atoms with E-state index in [1.54, 1.807) is 0 Å². The molecular formula is C17H26N2O4. The van der Waals surface area contributed by atoms with Gasteiger partial charge < -0.3 is 15.5 Å². The zero-order valence-electron chi connectivity index (χ0n) is 13.5. The zero-order valence-corrected chi connectivity index (χ0v) is 13.5. The van der Waals surface area contributed by atoms with E-state index >= 15 is 0 Å². The van der Waals surface area contributed by atoms with Crippen molar-refractivity contribution in [3.63, 3.8) is 0 Å². The molecule has 0 saturated heterocycles. The van der Waals surface area contributed by atoms with Crippen LogP contribution >= 0.6 is 0 Å². The Morgan fingerprint density at radius 2 is 2.04 bits per heavy atom. The minimum atomic E-state index is -0.887. The monoisotopic (exact) mass is 322 g/mol. The molecule has 1 saturated carbocycles. The van der Waals surface area contributed by atoms with Crippen LogP contribution in [0.4, 0.5) is 5.69 Å². The van der Waals surface area contributed by atoms with Crippen LogP contribution in [0.2, 0.25) is 0 Å². The fourth-order valence-electron chi connectivity index (χ4n) is 3.36. The number of aliphatic hydroxyl groups is 2. The maximum Gasteiger partial charge on any atom is 0.269 e. The molecule has 0 amide bonds. The van der Waals surface area contributed by atoms with Gasteiger partial charge in [0.1, 0.15) is 0 Å². The predicted octanol–water partition coefficient (Wildman–Crippen LogP) is 2.41. The van der Waals surface area contributed by atoms with Gasteiger partial charge in [-0.2, -0.15) is 0 Å². The van der Waals surface area contributed by atoms with E-state index in [2.05, 4.69) is 12.2 Å². The molecule has 128 valence electrons. The molecule has 23 heavy (non-hydrogen) atoms. The van der Waals surface area contributed by atoms with Gasteiger partial charge in [-0.1, -0.05) is 19.8 Å². The number of rotatable bonds is 7. The fraction of sp³-hybridized carbons (Fsp3) is 0.647. The summed E-state index contributed by atoms with van der Waals surface area (Å²) in [5, 5.41) is 33.9. The minimum absolute atomic E-state index is 0.00866. The second kappa shape index (κ2) is 8.38. The SMILES string of the molecule is CC1CCCC(CNC(CO)C(O)c2ccc([N+](=O)[O-])cc2)C1. The third kappa shape index (κ3) is 4.99. The van der Waals surface area contributed by atoms with Crippen molar-refractivity contribution in [3.05, 3.63) is 39.9 Å². The molecule has 0 heterocycles. The summed E-state index contributed by atoms with van der Waals surface area (Å²) in [4.78, 5) is 10.2. The Labute approximate surface area is 136 Å². The molecule has 1 fully saturated rings. The van der Waals surface area contributed by atoms with Gasteiger partial charge in [-0.05, 0) is 48.9 Å². The van der Waals surface area contributed by atoms with Gasteiger partial charge in [0.2, 0.25) is 0 Å². The lowest BCUT2D eigenvalue weighted by Gasteiger charge is -2.30. The fourth-order valence-corrected chi connectivity index (χ4v) is 3.36. The quantitative estimate of drug-likeness (QED) is 0.529. The molecule has 0 aromatic heterocycles. The summed E-state index contributed by atoms with van der Waals surface area (Å²) in [6, 6.07) is 5.35. The Balaban J connectivity index is 1.92. The first-order valence-electron chi connectivity index (χ1n) is 8.28. The van der Waals surface area contributed by atoms with Crippen molar-refractivity contribution in [2.45, 2.75) is 44.8 Å². The summed E-state index contributed by atoms with van der Waals surface area (Å²) in [5.74, 6) is 1.32. The maximum atomic E-state index is 10.7. The molecule has 1 aromatic carbocycles. The van der Waals surface area contributed by atoms with E-state index in [0.717, 1.165) is 12.5 Å². The van der Waals surface area contributed by atoms with Gasteiger partial charge in [-0.25, -0.2) is 0 Å². The molecule has 6 heteroatoms. The molecule has 0 bridgehead atoms. The molecule has 3 N–H and O–H groups in total. The number of nitrogens with zero attached hydrogens (tertiary/aromatic N) is 1. The van der Waals surface area contributed by atoms with Gasteiger partial charge in [0.05, 0.1) is 23.7 Å². The van der Waals surface area contributed by atoms with E-state index in [-0.39, 0.29) is 12.3 Å². The molecule has 0 aliphatic heterocycles. The summed E-state index contributed by atoms with van der Waals surface area (Å²) in [6.07, 6.45) is 4.00. The van der Waals surface area contributed by atoms with Crippen LogP contribution in [0, 0.1) is 22.0 Å². The van der Waals surface area contributed by atoms with Crippen molar-refractivity contribution in [3.8, 4) is 0 Å². The summed E-state index contributed by atoms with van der Waals surface area (Å²) in [7, 11) is 0. The number of hydrogen-bond acceptors (Lipinski definition) is 5. The lowest BCUT2D eigenvalue weighted by Crippen LogP contribution is -2.41. The maximum absolute atomic E-state index is 10.7. The van der Waals surface area contributed by atoms with Crippen LogP contribution in [-0.2, 0) is 0 Å². The smallest absolute Gasteiger partial charge is 0.269 e. The van der Waals surface area contributed by atoms with E-state index in [4.69, 9.17) is 0 Å². The van der Waals surface area contributed by atoms with Crippen molar-refractivity contribution in [1.82, 2.24) is 5.32 Å². The topological polar surface area (TPSA) is 95.6 Å². The first-order chi connectivity index (χ1) is 11.0. The van der Waals surface area contributed by atoms with E-state index < -0.39 is 17.1 Å². The number of nitro groups is 1. The Hall–Kier alpha value is -1.50. The molecule has 1 aliphatic carbocycles. The molecule has 1 aliphatic rings. The van der Waals surface area contributed by atoms with E-state index in [1.807, 2.05) is 0 Å². The van der Waals surface area contributed by atoms with Crippen molar-refractivity contribution in [1.29, 1.82) is 0 Å². The highest BCUT2D eigenvalue weighted by Crippen LogP contribution is 2.28. The Morgan fingerprint density at radius 3 is 2.61 bits per heavy atom. The molecule has 2 rings (SSSR count). The third-order valence-corrected chi connectivity index (χ3v) is 4.74. The standard InChI is InChI=1S/C17H26N2O4/c1-12-3-2-4-13(9-12)10-18-16(11-20)17(21)14-5-7-15(8-6-14)19(22)23/h5-8,12-13,16-18,20-21H,2-4,9-11H2,1H3. The van der Waals surface area contributed by atoms with Gasteiger partial charge >= 0.3 is 0 Å². The highest BCUT2D eigenvalue weighted by atomic mass is 16.6. The highest BCUT2D eigenvalue weighted by molar-refractivity contribution is 5.34. The van der Waals surface area contributed by atoms with Gasteiger partial charge in [0, 0.05) is 12.1 Å². The average molecular weight is 322 g/mol. The van der Waals surface area contributed by atoms with Crippen molar-refractivity contribution >= 4 is 5.69 Å².